The highest BCUT2D eigenvalue weighted by atomic mass is 32.1. The van der Waals surface area contributed by atoms with Gasteiger partial charge in [-0.05, 0) is 47.9 Å². The first kappa shape index (κ1) is 25.6. The van der Waals surface area contributed by atoms with Crippen molar-refractivity contribution in [2.24, 2.45) is 0 Å². The third-order valence-corrected chi connectivity index (χ3v) is 8.29. The van der Waals surface area contributed by atoms with Crippen LogP contribution in [0.1, 0.15) is 71.3 Å². The summed E-state index contributed by atoms with van der Waals surface area (Å²) in [6.07, 6.45) is -3.07. The van der Waals surface area contributed by atoms with Gasteiger partial charge in [-0.15, -0.1) is 11.3 Å². The van der Waals surface area contributed by atoms with E-state index in [0.29, 0.717) is 23.5 Å². The third kappa shape index (κ3) is 4.47. The predicted octanol–water partition coefficient (Wildman–Crippen LogP) is 5.73. The summed E-state index contributed by atoms with van der Waals surface area (Å²) in [6, 6.07) is 4.71. The van der Waals surface area contributed by atoms with Gasteiger partial charge in [0.2, 0.25) is 0 Å². The van der Waals surface area contributed by atoms with Gasteiger partial charge in [-0.25, -0.2) is 4.98 Å². The molecule has 0 bridgehead atoms. The van der Waals surface area contributed by atoms with Gasteiger partial charge in [0.15, 0.2) is 0 Å². The molecule has 1 saturated carbocycles. The van der Waals surface area contributed by atoms with Gasteiger partial charge in [-0.2, -0.15) is 22.0 Å². The number of fused-ring (bicyclic) bond motifs is 1. The zero-order valence-corrected chi connectivity index (χ0v) is 20.9. The number of thiophene rings is 1. The maximum absolute atomic E-state index is 15.0. The van der Waals surface area contributed by atoms with Crippen molar-refractivity contribution in [2.45, 2.75) is 63.1 Å². The fourth-order valence-electron chi connectivity index (χ4n) is 4.67. The van der Waals surface area contributed by atoms with Crippen LogP contribution in [0.5, 0.6) is 0 Å². The Bertz CT molecular complexity index is 1420. The lowest BCUT2D eigenvalue weighted by atomic mass is 9.98. The lowest BCUT2D eigenvalue weighted by Gasteiger charge is -2.31. The van der Waals surface area contributed by atoms with Crippen LogP contribution in [0, 0.1) is 0 Å². The molecule has 1 amide bonds. The van der Waals surface area contributed by atoms with Crippen LogP contribution in [0.2, 0.25) is 0 Å². The number of halogens is 5. The molecule has 5 nitrogen and oxygen atoms in total. The number of nitrogens with one attached hydrogen (secondary N) is 1. The number of carbonyl (C=O) groups is 1. The molecule has 2 aliphatic rings. The van der Waals surface area contributed by atoms with E-state index in [1.807, 2.05) is 0 Å². The van der Waals surface area contributed by atoms with E-state index in [4.69, 9.17) is 4.98 Å². The number of H-pyrrole nitrogens is 1. The van der Waals surface area contributed by atoms with Gasteiger partial charge < -0.3 is 9.88 Å². The van der Waals surface area contributed by atoms with E-state index in [1.54, 1.807) is 11.3 Å². The Morgan fingerprint density at radius 3 is 2.46 bits per heavy atom. The molecular formula is C26H24F5N3O2S. The van der Waals surface area contributed by atoms with Crippen LogP contribution in [-0.4, -0.2) is 27.3 Å². The topological polar surface area (TPSA) is 66.1 Å². The minimum atomic E-state index is -4.83. The van der Waals surface area contributed by atoms with Crippen LogP contribution in [0.25, 0.3) is 0 Å². The first-order chi connectivity index (χ1) is 17.3. The van der Waals surface area contributed by atoms with Crippen LogP contribution in [-0.2, 0) is 35.3 Å². The molecule has 1 N–H and O–H groups in total. The molecular weight excluding hydrogens is 513 g/mol. The van der Waals surface area contributed by atoms with Crippen molar-refractivity contribution < 1.29 is 26.7 Å². The molecule has 0 spiro atoms. The number of nitrogens with zero attached hydrogens (tertiary/aromatic N) is 2. The van der Waals surface area contributed by atoms with Crippen molar-refractivity contribution in [3.63, 3.8) is 0 Å². The zero-order valence-electron chi connectivity index (χ0n) is 20.1. The molecule has 0 radical (unpaired) electrons. The van der Waals surface area contributed by atoms with Crippen molar-refractivity contribution in [1.82, 2.24) is 14.9 Å². The molecule has 37 heavy (non-hydrogen) atoms. The van der Waals surface area contributed by atoms with Crippen LogP contribution in [0.4, 0.5) is 22.0 Å². The third-order valence-electron chi connectivity index (χ3n) is 7.14. The summed E-state index contributed by atoms with van der Waals surface area (Å²) in [5.74, 6) is -4.93. The Morgan fingerprint density at radius 2 is 1.84 bits per heavy atom. The van der Waals surface area contributed by atoms with Crippen molar-refractivity contribution in [1.29, 1.82) is 0 Å². The highest BCUT2D eigenvalue weighted by Crippen LogP contribution is 2.54. The molecule has 1 aliphatic heterocycles. The van der Waals surface area contributed by atoms with Gasteiger partial charge in [-0.3, -0.25) is 9.59 Å². The number of alkyl halides is 5. The van der Waals surface area contributed by atoms with Crippen molar-refractivity contribution in [2.75, 3.05) is 6.54 Å². The lowest BCUT2D eigenvalue weighted by molar-refractivity contribution is -0.160. The van der Waals surface area contributed by atoms with E-state index < -0.39 is 41.2 Å². The molecule has 0 atom stereocenters. The van der Waals surface area contributed by atoms with E-state index >= 15 is 0 Å². The average molecular weight is 538 g/mol. The van der Waals surface area contributed by atoms with Crippen LogP contribution in [0.15, 0.2) is 40.5 Å². The molecule has 1 fully saturated rings. The van der Waals surface area contributed by atoms with Gasteiger partial charge in [0.25, 0.3) is 11.5 Å². The van der Waals surface area contributed by atoms with E-state index in [0.717, 1.165) is 34.8 Å². The maximum Gasteiger partial charge on any atom is 0.416 e. The number of aromatic nitrogens is 2. The first-order valence-electron chi connectivity index (χ1n) is 11.9. The zero-order chi connectivity index (χ0) is 26.8. The monoisotopic (exact) mass is 537 g/mol. The summed E-state index contributed by atoms with van der Waals surface area (Å²) in [5, 5.41) is 2.10. The Balaban J connectivity index is 1.40. The first-order valence-corrected chi connectivity index (χ1v) is 12.8. The number of rotatable bonds is 5. The smallest absolute Gasteiger partial charge is 0.332 e. The summed E-state index contributed by atoms with van der Waals surface area (Å²) in [7, 11) is 0. The van der Waals surface area contributed by atoms with E-state index in [2.05, 4.69) is 30.3 Å². The molecule has 1 aromatic carbocycles. The summed E-state index contributed by atoms with van der Waals surface area (Å²) in [4.78, 5) is 35.2. The number of benzene rings is 1. The highest BCUT2D eigenvalue weighted by Gasteiger charge is 2.50. The quantitative estimate of drug-likeness (QED) is 0.423. The lowest BCUT2D eigenvalue weighted by Crippen LogP contribution is -2.46. The molecule has 1 aliphatic carbocycles. The van der Waals surface area contributed by atoms with Gasteiger partial charge in [0.1, 0.15) is 5.82 Å². The Morgan fingerprint density at radius 1 is 1.14 bits per heavy atom. The minimum Gasteiger partial charge on any atom is -0.332 e. The molecule has 2 aromatic heterocycles. The van der Waals surface area contributed by atoms with Crippen molar-refractivity contribution in [3.8, 4) is 0 Å². The summed E-state index contributed by atoms with van der Waals surface area (Å²) >= 11 is 1.62. The average Bonchev–Trinajstić information content (AvgIpc) is 3.51. The SMILES string of the molecule is CC(C)c1csc(C2(c3nc4c(c(=O)[nH]3)CN(C(=O)C(F)(F)c3cccc(C(F)(F)F)c3)CC4)CC2)c1. The van der Waals surface area contributed by atoms with Gasteiger partial charge in [-0.1, -0.05) is 26.0 Å². The van der Waals surface area contributed by atoms with Crippen molar-refractivity contribution in [3.05, 3.63) is 84.7 Å². The number of hydrogen-bond acceptors (Lipinski definition) is 4. The summed E-state index contributed by atoms with van der Waals surface area (Å²) < 4.78 is 69.0. The number of carbonyl (C=O) groups excluding carboxylic acids is 1. The number of hydrogen-bond donors (Lipinski definition) is 1. The van der Waals surface area contributed by atoms with E-state index in [9.17, 15) is 31.5 Å². The molecule has 3 heterocycles. The Labute approximate surface area is 213 Å². The Hall–Kier alpha value is -3.08. The fourth-order valence-corrected chi connectivity index (χ4v) is 6.00. The largest absolute Gasteiger partial charge is 0.416 e. The van der Waals surface area contributed by atoms with Crippen LogP contribution >= 0.6 is 11.3 Å². The standard InChI is InChI=1S/C26H24F5N3O2S/c1-14(2)15-10-20(37-13-15)24(7-8-24)22-32-19-6-9-34(12-18(19)21(35)33-22)23(36)25(27,28)16-4-3-5-17(11-16)26(29,30)31/h3-5,10-11,13-14H,6-9,12H2,1-2H3,(H,32,33,35). The second-order valence-corrected chi connectivity index (χ2v) is 10.9. The number of amides is 1. The summed E-state index contributed by atoms with van der Waals surface area (Å²) in [6.45, 7) is 3.69. The minimum absolute atomic E-state index is 0.0917. The molecule has 3 aromatic rings. The van der Waals surface area contributed by atoms with Crippen LogP contribution in [0.3, 0.4) is 0 Å². The molecule has 0 saturated heterocycles. The van der Waals surface area contributed by atoms with Crippen LogP contribution < -0.4 is 5.56 Å². The van der Waals surface area contributed by atoms with Gasteiger partial charge in [0.05, 0.1) is 28.8 Å². The van der Waals surface area contributed by atoms with E-state index in [1.165, 1.54) is 5.56 Å². The van der Waals surface area contributed by atoms with Gasteiger partial charge >= 0.3 is 12.1 Å². The number of aromatic amines is 1. The Kier molecular flexibility index (Phi) is 6.04. The normalized spacial score (nSPS) is 17.1. The maximum atomic E-state index is 15.0. The molecule has 196 valence electrons. The highest BCUT2D eigenvalue weighted by molar-refractivity contribution is 7.10. The van der Waals surface area contributed by atoms with Gasteiger partial charge in [0, 0.05) is 23.4 Å². The molecule has 0 unspecified atom stereocenters. The van der Waals surface area contributed by atoms with Crippen molar-refractivity contribution >= 4 is 17.2 Å². The second-order valence-electron chi connectivity index (χ2n) is 9.95. The fraction of sp³-hybridized carbons (Fsp3) is 0.423. The molecule has 5 rings (SSSR count). The second kappa shape index (κ2) is 8.75. The van der Waals surface area contributed by atoms with E-state index in [-0.39, 0.29) is 30.0 Å². The predicted molar refractivity (Wildman–Crippen MR) is 128 cm³/mol. The molecule has 11 heteroatoms. The summed E-state index contributed by atoms with van der Waals surface area (Å²) in [5.41, 5.74) is -1.39.